The Bertz CT molecular complexity index is 776. The van der Waals surface area contributed by atoms with Crippen molar-refractivity contribution >= 4 is 5.97 Å². The maximum absolute atomic E-state index is 11.8. The molecule has 3 nitrogen and oxygen atoms in total. The zero-order valence-electron chi connectivity index (χ0n) is 14.3. The second kappa shape index (κ2) is 8.25. The first-order chi connectivity index (χ1) is 12.3. The average molecular weight is 332 g/mol. The first-order valence-electron chi connectivity index (χ1n) is 8.52. The summed E-state index contributed by atoms with van der Waals surface area (Å²) in [5.41, 5.74) is 3.59. The molecule has 0 aliphatic carbocycles. The number of hydrogen-bond donors (Lipinski definition) is 0. The molecular formula is C22H22NO2+. The molecule has 1 aromatic heterocycles. The molecule has 3 heteroatoms. The highest BCUT2D eigenvalue weighted by Crippen LogP contribution is 2.30. The molecule has 0 aliphatic heterocycles. The lowest BCUT2D eigenvalue weighted by molar-refractivity contribution is -0.686. The van der Waals surface area contributed by atoms with Crippen molar-refractivity contribution in [3.63, 3.8) is 0 Å². The molecule has 2 aromatic carbocycles. The second-order valence-electron chi connectivity index (χ2n) is 5.87. The molecule has 0 N–H and O–H groups in total. The molecule has 0 bridgehead atoms. The van der Waals surface area contributed by atoms with Crippen LogP contribution >= 0.6 is 0 Å². The zero-order chi connectivity index (χ0) is 17.5. The third-order valence-electron chi connectivity index (χ3n) is 4.10. The molecule has 0 unspecified atom stereocenters. The van der Waals surface area contributed by atoms with Crippen LogP contribution in [0.2, 0.25) is 0 Å². The zero-order valence-corrected chi connectivity index (χ0v) is 14.3. The van der Waals surface area contributed by atoms with Gasteiger partial charge in [0, 0.05) is 17.5 Å². The highest BCUT2D eigenvalue weighted by Gasteiger charge is 2.20. The predicted molar refractivity (Wildman–Crippen MR) is 97.1 cm³/mol. The van der Waals surface area contributed by atoms with Gasteiger partial charge in [0.2, 0.25) is 6.54 Å². The molecule has 3 aromatic rings. The van der Waals surface area contributed by atoms with Gasteiger partial charge < -0.3 is 4.74 Å². The van der Waals surface area contributed by atoms with Crippen molar-refractivity contribution in [1.29, 1.82) is 0 Å². The molecule has 25 heavy (non-hydrogen) atoms. The molecule has 0 radical (unpaired) electrons. The largest absolute Gasteiger partial charge is 0.461 e. The molecule has 0 atom stereocenters. The number of hydrogen-bond acceptors (Lipinski definition) is 2. The van der Waals surface area contributed by atoms with E-state index in [0.29, 0.717) is 6.61 Å². The Morgan fingerprint density at radius 3 is 2.00 bits per heavy atom. The van der Waals surface area contributed by atoms with Crippen LogP contribution in [-0.2, 0) is 16.1 Å². The van der Waals surface area contributed by atoms with Crippen molar-refractivity contribution in [1.82, 2.24) is 0 Å². The number of ether oxygens (including phenoxy) is 1. The van der Waals surface area contributed by atoms with E-state index in [1.807, 2.05) is 42.1 Å². The summed E-state index contributed by atoms with van der Waals surface area (Å²) in [7, 11) is 0. The first-order valence-corrected chi connectivity index (χ1v) is 8.52. The number of rotatable bonds is 6. The minimum absolute atomic E-state index is 0.122. The van der Waals surface area contributed by atoms with Gasteiger partial charge in [-0.1, -0.05) is 60.7 Å². The van der Waals surface area contributed by atoms with Crippen LogP contribution in [0.25, 0.3) is 0 Å². The van der Waals surface area contributed by atoms with Gasteiger partial charge in [0.15, 0.2) is 12.4 Å². The van der Waals surface area contributed by atoms with E-state index in [4.69, 9.17) is 4.74 Å². The Morgan fingerprint density at radius 1 is 0.880 bits per heavy atom. The Kier molecular flexibility index (Phi) is 5.57. The van der Waals surface area contributed by atoms with E-state index in [9.17, 15) is 4.79 Å². The average Bonchev–Trinajstić information content (AvgIpc) is 2.64. The van der Waals surface area contributed by atoms with Gasteiger partial charge in [-0.05, 0) is 24.1 Å². The SMILES string of the molecule is CCOC(=O)C[n+]1cccc(C(c2ccccc2)c2ccccc2)c1. The summed E-state index contributed by atoms with van der Waals surface area (Å²) in [4.78, 5) is 11.8. The summed E-state index contributed by atoms with van der Waals surface area (Å²) in [5, 5.41) is 0. The summed E-state index contributed by atoms with van der Waals surface area (Å²) in [6.45, 7) is 2.44. The van der Waals surface area contributed by atoms with Crippen molar-refractivity contribution < 1.29 is 14.1 Å². The van der Waals surface area contributed by atoms with Gasteiger partial charge in [0.1, 0.15) is 0 Å². The van der Waals surface area contributed by atoms with Crippen LogP contribution in [0.1, 0.15) is 29.5 Å². The van der Waals surface area contributed by atoms with Crippen molar-refractivity contribution in [2.45, 2.75) is 19.4 Å². The van der Waals surface area contributed by atoms with E-state index in [1.54, 1.807) is 0 Å². The summed E-state index contributed by atoms with van der Waals surface area (Å²) >= 11 is 0. The lowest BCUT2D eigenvalue weighted by atomic mass is 9.86. The van der Waals surface area contributed by atoms with Gasteiger partial charge in [-0.2, -0.15) is 4.57 Å². The summed E-state index contributed by atoms with van der Waals surface area (Å²) in [6.07, 6.45) is 3.93. The van der Waals surface area contributed by atoms with Crippen LogP contribution < -0.4 is 4.57 Å². The molecule has 1 heterocycles. The maximum atomic E-state index is 11.8. The summed E-state index contributed by atoms with van der Waals surface area (Å²) < 4.78 is 6.94. The second-order valence-corrected chi connectivity index (χ2v) is 5.87. The summed E-state index contributed by atoms with van der Waals surface area (Å²) in [6, 6.07) is 24.9. The number of carbonyl (C=O) groups is 1. The fourth-order valence-corrected chi connectivity index (χ4v) is 3.04. The molecule has 0 saturated carbocycles. The maximum Gasteiger partial charge on any atom is 0.372 e. The fraction of sp³-hybridized carbons (Fsp3) is 0.182. The highest BCUT2D eigenvalue weighted by atomic mass is 16.5. The van der Waals surface area contributed by atoms with E-state index in [1.165, 1.54) is 11.1 Å². The molecule has 3 rings (SSSR count). The number of esters is 1. The van der Waals surface area contributed by atoms with E-state index >= 15 is 0 Å². The number of benzene rings is 2. The van der Waals surface area contributed by atoms with E-state index in [-0.39, 0.29) is 18.4 Å². The molecule has 0 fully saturated rings. The van der Waals surface area contributed by atoms with Crippen molar-refractivity contribution in [3.8, 4) is 0 Å². The lowest BCUT2D eigenvalue weighted by Crippen LogP contribution is -2.38. The number of nitrogens with zero attached hydrogens (tertiary/aromatic N) is 1. The van der Waals surface area contributed by atoms with Crippen LogP contribution in [-0.4, -0.2) is 12.6 Å². The summed E-state index contributed by atoms with van der Waals surface area (Å²) in [5.74, 6) is -0.0994. The molecule has 0 spiro atoms. The van der Waals surface area contributed by atoms with E-state index in [2.05, 4.69) is 54.6 Å². The van der Waals surface area contributed by atoms with Crippen LogP contribution in [0.3, 0.4) is 0 Å². The third kappa shape index (κ3) is 4.32. The third-order valence-corrected chi connectivity index (χ3v) is 4.10. The van der Waals surface area contributed by atoms with Gasteiger partial charge in [-0.25, -0.2) is 4.79 Å². The first kappa shape index (κ1) is 16.9. The van der Waals surface area contributed by atoms with Crippen molar-refractivity contribution in [2.75, 3.05) is 6.61 Å². The van der Waals surface area contributed by atoms with Crippen molar-refractivity contribution in [3.05, 3.63) is 102 Å². The Hall–Kier alpha value is -2.94. The molecule has 0 aliphatic rings. The Labute approximate surface area is 148 Å². The normalized spacial score (nSPS) is 10.6. The molecule has 0 saturated heterocycles. The van der Waals surface area contributed by atoms with Crippen LogP contribution in [0.5, 0.6) is 0 Å². The minimum atomic E-state index is -0.222. The highest BCUT2D eigenvalue weighted by molar-refractivity contribution is 5.67. The number of pyridine rings is 1. The van der Waals surface area contributed by atoms with Crippen LogP contribution in [0, 0.1) is 0 Å². The smallest absolute Gasteiger partial charge is 0.372 e. The monoisotopic (exact) mass is 332 g/mol. The van der Waals surface area contributed by atoms with Crippen molar-refractivity contribution in [2.24, 2.45) is 0 Å². The molecule has 0 amide bonds. The van der Waals surface area contributed by atoms with E-state index in [0.717, 1.165) is 5.56 Å². The predicted octanol–water partition coefficient (Wildman–Crippen LogP) is 3.72. The number of aromatic nitrogens is 1. The fourth-order valence-electron chi connectivity index (χ4n) is 3.04. The Balaban J connectivity index is 1.98. The van der Waals surface area contributed by atoms with Crippen LogP contribution in [0.4, 0.5) is 0 Å². The van der Waals surface area contributed by atoms with Gasteiger partial charge >= 0.3 is 5.97 Å². The Morgan fingerprint density at radius 2 is 1.44 bits per heavy atom. The standard InChI is InChI=1S/C22H22NO2/c1-2-25-21(24)17-23-15-9-14-20(16-23)22(18-10-5-3-6-11-18)19-12-7-4-8-13-19/h3-16,22H,2,17H2,1H3/q+1. The van der Waals surface area contributed by atoms with Crippen LogP contribution in [0.15, 0.2) is 85.2 Å². The quantitative estimate of drug-likeness (QED) is 0.509. The van der Waals surface area contributed by atoms with Gasteiger partial charge in [0.05, 0.1) is 6.61 Å². The van der Waals surface area contributed by atoms with E-state index < -0.39 is 0 Å². The molecule has 126 valence electrons. The lowest BCUT2D eigenvalue weighted by Gasteiger charge is -2.17. The number of carbonyl (C=O) groups excluding carboxylic acids is 1. The minimum Gasteiger partial charge on any atom is -0.461 e. The van der Waals surface area contributed by atoms with Gasteiger partial charge in [-0.15, -0.1) is 0 Å². The van der Waals surface area contributed by atoms with Gasteiger partial charge in [-0.3, -0.25) is 0 Å². The van der Waals surface area contributed by atoms with Gasteiger partial charge in [0.25, 0.3) is 0 Å². The topological polar surface area (TPSA) is 30.2 Å². The molecular weight excluding hydrogens is 310 g/mol.